The fourth-order valence-electron chi connectivity index (χ4n) is 1.000. The molecule has 0 radical (unpaired) electrons. The van der Waals surface area contributed by atoms with Gasteiger partial charge in [0.2, 0.25) is 11.8 Å². The van der Waals surface area contributed by atoms with Gasteiger partial charge in [-0.25, -0.2) is 0 Å². The zero-order chi connectivity index (χ0) is 11.7. The van der Waals surface area contributed by atoms with Crippen LogP contribution in [0.5, 0.6) is 0 Å². The molecule has 2 amide bonds. The molecule has 0 saturated carbocycles. The van der Waals surface area contributed by atoms with E-state index in [4.69, 9.17) is 0 Å². The summed E-state index contributed by atoms with van der Waals surface area (Å²) in [6.45, 7) is 3.96. The van der Waals surface area contributed by atoms with Crippen LogP contribution in [0, 0.1) is 0 Å². The monoisotopic (exact) mass is 215 g/mol. The Hall–Kier alpha value is -1.10. The van der Waals surface area contributed by atoms with Crippen LogP contribution >= 0.6 is 0 Å². The van der Waals surface area contributed by atoms with Crippen molar-refractivity contribution in [3.63, 3.8) is 0 Å². The summed E-state index contributed by atoms with van der Waals surface area (Å²) in [7, 11) is 3.41. The molecule has 5 nitrogen and oxygen atoms in total. The molecular formula is C10H21N3O2. The van der Waals surface area contributed by atoms with Crippen LogP contribution in [-0.2, 0) is 9.59 Å². The summed E-state index contributed by atoms with van der Waals surface area (Å²) in [4.78, 5) is 23.9. The summed E-state index contributed by atoms with van der Waals surface area (Å²) in [5.74, 6) is 0.0180. The molecule has 0 saturated heterocycles. The minimum Gasteiger partial charge on any atom is -0.356 e. The molecule has 0 spiro atoms. The van der Waals surface area contributed by atoms with Gasteiger partial charge in [0.1, 0.15) is 0 Å². The van der Waals surface area contributed by atoms with Gasteiger partial charge in [-0.2, -0.15) is 0 Å². The fourth-order valence-corrected chi connectivity index (χ4v) is 1.000. The topological polar surface area (TPSA) is 61.4 Å². The van der Waals surface area contributed by atoms with E-state index in [0.29, 0.717) is 25.9 Å². The lowest BCUT2D eigenvalue weighted by atomic mass is 10.3. The van der Waals surface area contributed by atoms with E-state index in [0.717, 1.165) is 6.54 Å². The fraction of sp³-hybridized carbons (Fsp3) is 0.800. The maximum atomic E-state index is 11.2. The first-order chi connectivity index (χ1) is 7.07. The Bertz CT molecular complexity index is 205. The number of carbonyl (C=O) groups is 2. The van der Waals surface area contributed by atoms with E-state index in [1.54, 1.807) is 14.1 Å². The molecule has 0 fully saturated rings. The number of nitrogens with one attached hydrogen (secondary N) is 2. The van der Waals surface area contributed by atoms with Crippen molar-refractivity contribution in [2.45, 2.75) is 19.8 Å². The van der Waals surface area contributed by atoms with Crippen molar-refractivity contribution >= 4 is 11.8 Å². The molecule has 0 aromatic rings. The second-order valence-electron chi connectivity index (χ2n) is 3.49. The molecule has 0 unspecified atom stereocenters. The molecule has 5 heteroatoms. The van der Waals surface area contributed by atoms with Crippen LogP contribution in [0.1, 0.15) is 19.8 Å². The Morgan fingerprint density at radius 2 is 1.80 bits per heavy atom. The molecule has 0 bridgehead atoms. The predicted octanol–water partition coefficient (Wildman–Crippen LogP) is -0.419. The molecule has 2 N–H and O–H groups in total. The largest absolute Gasteiger partial charge is 0.356 e. The van der Waals surface area contributed by atoms with Crippen LogP contribution in [0.2, 0.25) is 0 Å². The summed E-state index contributed by atoms with van der Waals surface area (Å²) < 4.78 is 0. The van der Waals surface area contributed by atoms with E-state index in [9.17, 15) is 9.59 Å². The van der Waals surface area contributed by atoms with Crippen molar-refractivity contribution in [1.29, 1.82) is 0 Å². The van der Waals surface area contributed by atoms with Crippen molar-refractivity contribution in [2.24, 2.45) is 0 Å². The van der Waals surface area contributed by atoms with Crippen LogP contribution in [0.4, 0.5) is 0 Å². The maximum Gasteiger partial charge on any atom is 0.223 e. The first-order valence-corrected chi connectivity index (χ1v) is 5.25. The second kappa shape index (κ2) is 8.23. The molecule has 0 aromatic carbocycles. The second-order valence-corrected chi connectivity index (χ2v) is 3.49. The Morgan fingerprint density at radius 3 is 2.33 bits per heavy atom. The first kappa shape index (κ1) is 13.9. The van der Waals surface area contributed by atoms with Crippen molar-refractivity contribution in [2.75, 3.05) is 33.7 Å². The van der Waals surface area contributed by atoms with Gasteiger partial charge in [0, 0.05) is 40.0 Å². The summed E-state index contributed by atoms with van der Waals surface area (Å²) in [6.07, 6.45) is 0.823. The molecule has 88 valence electrons. The van der Waals surface area contributed by atoms with Crippen LogP contribution in [0.15, 0.2) is 0 Å². The van der Waals surface area contributed by atoms with E-state index >= 15 is 0 Å². The van der Waals surface area contributed by atoms with Gasteiger partial charge in [-0.15, -0.1) is 0 Å². The smallest absolute Gasteiger partial charge is 0.223 e. The first-order valence-electron chi connectivity index (χ1n) is 5.25. The Balaban J connectivity index is 3.42. The number of hydrogen-bond donors (Lipinski definition) is 2. The lowest BCUT2D eigenvalue weighted by molar-refractivity contribution is -0.128. The highest BCUT2D eigenvalue weighted by molar-refractivity contribution is 5.78. The summed E-state index contributed by atoms with van der Waals surface area (Å²) >= 11 is 0. The van der Waals surface area contributed by atoms with Gasteiger partial charge in [-0.1, -0.05) is 6.92 Å². The molecule has 0 rings (SSSR count). The molecule has 0 heterocycles. The number of amides is 2. The Kier molecular flexibility index (Phi) is 7.62. The van der Waals surface area contributed by atoms with Crippen molar-refractivity contribution in [3.8, 4) is 0 Å². The number of carbonyl (C=O) groups excluding carboxylic acids is 2. The molecule has 0 atom stereocenters. The van der Waals surface area contributed by atoms with Crippen LogP contribution in [-0.4, -0.2) is 50.4 Å². The van der Waals surface area contributed by atoms with Gasteiger partial charge in [0.15, 0.2) is 0 Å². The van der Waals surface area contributed by atoms with Crippen molar-refractivity contribution < 1.29 is 9.59 Å². The standard InChI is InChI=1S/C10H21N3O2/c1-4-11-7-5-9(14)12-8-6-10(15)13(2)3/h11H,4-8H2,1-3H3,(H,12,14). The highest BCUT2D eigenvalue weighted by atomic mass is 16.2. The van der Waals surface area contributed by atoms with Crippen molar-refractivity contribution in [1.82, 2.24) is 15.5 Å². The van der Waals surface area contributed by atoms with Crippen molar-refractivity contribution in [3.05, 3.63) is 0 Å². The minimum absolute atomic E-state index is 0.0116. The van der Waals surface area contributed by atoms with E-state index in [1.165, 1.54) is 4.90 Å². The number of hydrogen-bond acceptors (Lipinski definition) is 3. The zero-order valence-corrected chi connectivity index (χ0v) is 9.80. The highest BCUT2D eigenvalue weighted by Gasteiger charge is 2.04. The van der Waals surface area contributed by atoms with E-state index in [1.807, 2.05) is 6.92 Å². The van der Waals surface area contributed by atoms with Gasteiger partial charge in [0.05, 0.1) is 0 Å². The van der Waals surface area contributed by atoms with Gasteiger partial charge in [0.25, 0.3) is 0 Å². The molecular weight excluding hydrogens is 194 g/mol. The molecule has 15 heavy (non-hydrogen) atoms. The van der Waals surface area contributed by atoms with E-state index < -0.39 is 0 Å². The van der Waals surface area contributed by atoms with Crippen LogP contribution in [0.3, 0.4) is 0 Å². The van der Waals surface area contributed by atoms with Crippen LogP contribution in [0.25, 0.3) is 0 Å². The molecule has 0 aliphatic rings. The van der Waals surface area contributed by atoms with Gasteiger partial charge < -0.3 is 15.5 Å². The third-order valence-electron chi connectivity index (χ3n) is 1.94. The summed E-state index contributed by atoms with van der Waals surface area (Å²) in [5, 5.41) is 5.76. The SMILES string of the molecule is CCNCCC(=O)NCCC(=O)N(C)C. The Labute approximate surface area is 91.2 Å². The summed E-state index contributed by atoms with van der Waals surface area (Å²) in [6, 6.07) is 0. The molecule has 0 aliphatic carbocycles. The number of rotatable bonds is 7. The minimum atomic E-state index is -0.0116. The Morgan fingerprint density at radius 1 is 1.13 bits per heavy atom. The average Bonchev–Trinajstić information content (AvgIpc) is 2.18. The lowest BCUT2D eigenvalue weighted by Crippen LogP contribution is -2.31. The normalized spacial score (nSPS) is 9.80. The van der Waals surface area contributed by atoms with Gasteiger partial charge in [-0.05, 0) is 6.54 Å². The maximum absolute atomic E-state index is 11.2. The van der Waals surface area contributed by atoms with Crippen LogP contribution < -0.4 is 10.6 Å². The van der Waals surface area contributed by atoms with E-state index in [2.05, 4.69) is 10.6 Å². The third kappa shape index (κ3) is 7.93. The predicted molar refractivity (Wildman–Crippen MR) is 59.5 cm³/mol. The third-order valence-corrected chi connectivity index (χ3v) is 1.94. The number of nitrogens with zero attached hydrogens (tertiary/aromatic N) is 1. The van der Waals surface area contributed by atoms with Gasteiger partial charge in [-0.3, -0.25) is 9.59 Å². The summed E-state index contributed by atoms with van der Waals surface area (Å²) in [5.41, 5.74) is 0. The van der Waals surface area contributed by atoms with E-state index in [-0.39, 0.29) is 11.8 Å². The quantitative estimate of drug-likeness (QED) is 0.567. The zero-order valence-electron chi connectivity index (χ0n) is 9.80. The highest BCUT2D eigenvalue weighted by Crippen LogP contribution is 1.85. The molecule has 0 aliphatic heterocycles. The average molecular weight is 215 g/mol. The lowest BCUT2D eigenvalue weighted by Gasteiger charge is -2.10. The molecule has 0 aromatic heterocycles. The van der Waals surface area contributed by atoms with Gasteiger partial charge >= 0.3 is 0 Å².